The average molecular weight is 364 g/mol. The Kier molecular flexibility index (Phi) is 3.55. The van der Waals surface area contributed by atoms with Crippen LogP contribution in [0.5, 0.6) is 0 Å². The van der Waals surface area contributed by atoms with Gasteiger partial charge in [-0.1, -0.05) is 0 Å². The maximum absolute atomic E-state index is 4.85. The standard InChI is InChI=1S/C19H20N6S/c1-11-9-25-17(12(2)21-11)6-14(23-25)16-8-20-15-7-18(26-19(15)22-16)13-4-5-24(3)10-13/h6-9,13H,4-5,10H2,1-3H3. The lowest BCUT2D eigenvalue weighted by atomic mass is 10.1. The second-order valence-corrected chi connectivity index (χ2v) is 8.23. The van der Waals surface area contributed by atoms with E-state index in [2.05, 4.69) is 33.1 Å². The monoisotopic (exact) mass is 364 g/mol. The molecular weight excluding hydrogens is 344 g/mol. The molecule has 5 rings (SSSR count). The van der Waals surface area contributed by atoms with Gasteiger partial charge in [0.1, 0.15) is 21.7 Å². The number of likely N-dealkylation sites (N-methyl/N-ethyl adjacent to an activating group) is 1. The van der Waals surface area contributed by atoms with Gasteiger partial charge < -0.3 is 4.90 Å². The summed E-state index contributed by atoms with van der Waals surface area (Å²) in [7, 11) is 2.18. The van der Waals surface area contributed by atoms with E-state index in [4.69, 9.17) is 4.98 Å². The zero-order chi connectivity index (χ0) is 17.8. The highest BCUT2D eigenvalue weighted by atomic mass is 32.1. The van der Waals surface area contributed by atoms with Crippen molar-refractivity contribution in [1.82, 2.24) is 29.5 Å². The Morgan fingerprint density at radius 1 is 1.15 bits per heavy atom. The van der Waals surface area contributed by atoms with Gasteiger partial charge in [-0.2, -0.15) is 5.10 Å². The molecule has 4 aromatic rings. The molecule has 0 aromatic carbocycles. The molecule has 1 aliphatic rings. The van der Waals surface area contributed by atoms with Crippen LogP contribution in [0.2, 0.25) is 0 Å². The van der Waals surface area contributed by atoms with Crippen molar-refractivity contribution in [3.8, 4) is 11.4 Å². The molecule has 0 bridgehead atoms. The van der Waals surface area contributed by atoms with Gasteiger partial charge in [-0.3, -0.25) is 9.97 Å². The fourth-order valence-electron chi connectivity index (χ4n) is 3.74. The van der Waals surface area contributed by atoms with E-state index >= 15 is 0 Å². The second kappa shape index (κ2) is 5.82. The minimum Gasteiger partial charge on any atom is -0.306 e. The second-order valence-electron chi connectivity index (χ2n) is 7.17. The summed E-state index contributed by atoms with van der Waals surface area (Å²) in [6, 6.07) is 4.25. The molecule has 1 unspecified atom stereocenters. The molecule has 4 aromatic heterocycles. The van der Waals surface area contributed by atoms with Crippen molar-refractivity contribution >= 4 is 27.2 Å². The molecule has 6 nitrogen and oxygen atoms in total. The highest BCUT2D eigenvalue weighted by molar-refractivity contribution is 7.18. The van der Waals surface area contributed by atoms with Gasteiger partial charge in [-0.05, 0) is 46.0 Å². The summed E-state index contributed by atoms with van der Waals surface area (Å²) in [5.41, 5.74) is 5.58. The molecule has 1 fully saturated rings. The van der Waals surface area contributed by atoms with Crippen LogP contribution in [0.4, 0.5) is 0 Å². The van der Waals surface area contributed by atoms with Gasteiger partial charge in [-0.25, -0.2) is 9.50 Å². The first kappa shape index (κ1) is 15.8. The van der Waals surface area contributed by atoms with Crippen LogP contribution in [-0.4, -0.2) is 49.6 Å². The van der Waals surface area contributed by atoms with Gasteiger partial charge in [0.2, 0.25) is 0 Å². The van der Waals surface area contributed by atoms with Crippen LogP contribution >= 0.6 is 11.3 Å². The smallest absolute Gasteiger partial charge is 0.142 e. The number of nitrogens with zero attached hydrogens (tertiary/aromatic N) is 6. The predicted molar refractivity (Wildman–Crippen MR) is 104 cm³/mol. The lowest BCUT2D eigenvalue weighted by Crippen LogP contribution is -2.12. The van der Waals surface area contributed by atoms with E-state index < -0.39 is 0 Å². The van der Waals surface area contributed by atoms with Gasteiger partial charge in [0.25, 0.3) is 0 Å². The molecule has 0 N–H and O–H groups in total. The third kappa shape index (κ3) is 2.59. The van der Waals surface area contributed by atoms with Crippen molar-refractivity contribution in [2.75, 3.05) is 20.1 Å². The molecule has 0 aliphatic carbocycles. The summed E-state index contributed by atoms with van der Waals surface area (Å²) in [6.45, 7) is 6.27. The number of likely N-dealkylation sites (tertiary alicyclic amines) is 1. The van der Waals surface area contributed by atoms with Crippen LogP contribution in [-0.2, 0) is 0 Å². The van der Waals surface area contributed by atoms with Crippen LogP contribution in [0.1, 0.15) is 28.6 Å². The molecule has 26 heavy (non-hydrogen) atoms. The van der Waals surface area contributed by atoms with Crippen molar-refractivity contribution < 1.29 is 0 Å². The van der Waals surface area contributed by atoms with Crippen molar-refractivity contribution in [1.29, 1.82) is 0 Å². The topological polar surface area (TPSA) is 59.2 Å². The quantitative estimate of drug-likeness (QED) is 0.545. The summed E-state index contributed by atoms with van der Waals surface area (Å²) in [4.78, 5) is 18.8. The van der Waals surface area contributed by atoms with E-state index in [-0.39, 0.29) is 0 Å². The van der Waals surface area contributed by atoms with E-state index in [0.717, 1.165) is 45.2 Å². The molecule has 0 saturated carbocycles. The Hall–Kier alpha value is -2.38. The predicted octanol–water partition coefficient (Wildman–Crippen LogP) is 3.44. The van der Waals surface area contributed by atoms with Crippen molar-refractivity contribution in [3.05, 3.63) is 40.8 Å². The van der Waals surface area contributed by atoms with E-state index in [9.17, 15) is 0 Å². The third-order valence-corrected chi connectivity index (χ3v) is 6.26. The van der Waals surface area contributed by atoms with E-state index in [1.807, 2.05) is 36.8 Å². The van der Waals surface area contributed by atoms with Crippen LogP contribution in [0.15, 0.2) is 24.5 Å². The number of fused-ring (bicyclic) bond motifs is 2. The van der Waals surface area contributed by atoms with Gasteiger partial charge in [0, 0.05) is 17.3 Å². The molecule has 1 atom stereocenters. The van der Waals surface area contributed by atoms with Gasteiger partial charge in [-0.15, -0.1) is 11.3 Å². The number of thiophene rings is 1. The first-order chi connectivity index (χ1) is 12.6. The fraction of sp³-hybridized carbons (Fsp3) is 0.368. The molecule has 132 valence electrons. The summed E-state index contributed by atoms with van der Waals surface area (Å²) in [5, 5.41) is 4.68. The van der Waals surface area contributed by atoms with Crippen molar-refractivity contribution in [3.63, 3.8) is 0 Å². The summed E-state index contributed by atoms with van der Waals surface area (Å²) < 4.78 is 1.88. The SMILES string of the molecule is Cc1cn2nc(-c3cnc4cc(C5CCN(C)C5)sc4n3)cc2c(C)n1. The molecule has 7 heteroatoms. The zero-order valence-corrected chi connectivity index (χ0v) is 15.9. The number of hydrogen-bond donors (Lipinski definition) is 0. The molecule has 5 heterocycles. The Morgan fingerprint density at radius 3 is 2.85 bits per heavy atom. The minimum absolute atomic E-state index is 0.608. The summed E-state index contributed by atoms with van der Waals surface area (Å²) in [6.07, 6.45) is 4.99. The van der Waals surface area contributed by atoms with Crippen molar-refractivity contribution in [2.45, 2.75) is 26.2 Å². The number of aromatic nitrogens is 5. The Morgan fingerprint density at radius 2 is 2.04 bits per heavy atom. The van der Waals surface area contributed by atoms with Crippen molar-refractivity contribution in [2.24, 2.45) is 0 Å². The number of hydrogen-bond acceptors (Lipinski definition) is 6. The molecule has 0 spiro atoms. The lowest BCUT2D eigenvalue weighted by Gasteiger charge is -2.07. The molecular formula is C19H20N6S. The van der Waals surface area contributed by atoms with E-state index in [0.29, 0.717) is 5.92 Å². The maximum atomic E-state index is 4.85. The summed E-state index contributed by atoms with van der Waals surface area (Å²) >= 11 is 1.77. The highest BCUT2D eigenvalue weighted by Crippen LogP contribution is 2.34. The van der Waals surface area contributed by atoms with Crippen LogP contribution in [0.3, 0.4) is 0 Å². The van der Waals surface area contributed by atoms with Crippen LogP contribution in [0, 0.1) is 13.8 Å². The van der Waals surface area contributed by atoms with E-state index in [1.54, 1.807) is 11.3 Å². The maximum Gasteiger partial charge on any atom is 0.142 e. The molecule has 1 saturated heterocycles. The minimum atomic E-state index is 0.608. The molecule has 0 radical (unpaired) electrons. The fourth-order valence-corrected chi connectivity index (χ4v) is 4.85. The van der Waals surface area contributed by atoms with E-state index in [1.165, 1.54) is 17.8 Å². The molecule has 1 aliphatic heterocycles. The normalized spacial score (nSPS) is 18.3. The zero-order valence-electron chi connectivity index (χ0n) is 15.1. The van der Waals surface area contributed by atoms with Gasteiger partial charge in [0.15, 0.2) is 0 Å². The Balaban J connectivity index is 1.56. The number of aryl methyl sites for hydroxylation is 2. The van der Waals surface area contributed by atoms with Gasteiger partial charge >= 0.3 is 0 Å². The highest BCUT2D eigenvalue weighted by Gasteiger charge is 2.23. The molecule has 0 amide bonds. The van der Waals surface area contributed by atoms with Gasteiger partial charge in [0.05, 0.1) is 29.3 Å². The lowest BCUT2D eigenvalue weighted by molar-refractivity contribution is 0.412. The average Bonchev–Trinajstić information content (AvgIpc) is 3.30. The third-order valence-electron chi connectivity index (χ3n) is 5.08. The first-order valence-corrected chi connectivity index (χ1v) is 9.67. The van der Waals surface area contributed by atoms with Crippen LogP contribution < -0.4 is 0 Å². The largest absolute Gasteiger partial charge is 0.306 e. The first-order valence-electron chi connectivity index (χ1n) is 8.86. The summed E-state index contributed by atoms with van der Waals surface area (Å²) in [5.74, 6) is 0.608. The number of rotatable bonds is 2. The van der Waals surface area contributed by atoms with Crippen LogP contribution in [0.25, 0.3) is 27.3 Å². The Bertz CT molecular complexity index is 1130. The Labute approximate surface area is 155 Å².